The SMILES string of the molecule is C[C@@H]1c2ccc(Oc3cccnn3)c(F)c2OC(=O)N1Cc1cccc(NS(=O)(=O)N(C)C)c1F. The van der Waals surface area contributed by atoms with Crippen molar-refractivity contribution in [3.63, 3.8) is 0 Å². The third-order valence-corrected chi connectivity index (χ3v) is 6.77. The molecule has 10 nitrogen and oxygen atoms in total. The van der Waals surface area contributed by atoms with Crippen LogP contribution in [0.15, 0.2) is 48.7 Å². The van der Waals surface area contributed by atoms with Gasteiger partial charge in [-0.05, 0) is 31.2 Å². The number of hydrogen-bond donors (Lipinski definition) is 1. The van der Waals surface area contributed by atoms with Crippen LogP contribution in [0.4, 0.5) is 19.3 Å². The minimum absolute atomic E-state index is 0.0410. The van der Waals surface area contributed by atoms with E-state index in [9.17, 15) is 13.2 Å². The lowest BCUT2D eigenvalue weighted by atomic mass is 10.0. The summed E-state index contributed by atoms with van der Waals surface area (Å²) in [5, 5.41) is 7.38. The Hall–Kier alpha value is -3.84. The van der Waals surface area contributed by atoms with E-state index in [0.29, 0.717) is 5.56 Å². The molecular weight excluding hydrogens is 484 g/mol. The van der Waals surface area contributed by atoms with Crippen molar-refractivity contribution < 1.29 is 31.5 Å². The van der Waals surface area contributed by atoms with Crippen LogP contribution in [0.1, 0.15) is 24.1 Å². The molecule has 1 N–H and O–H groups in total. The zero-order valence-corrected chi connectivity index (χ0v) is 19.7. The predicted molar refractivity (Wildman–Crippen MR) is 121 cm³/mol. The van der Waals surface area contributed by atoms with Crippen LogP contribution in [0.25, 0.3) is 0 Å². The highest BCUT2D eigenvalue weighted by atomic mass is 32.2. The maximum absolute atomic E-state index is 15.1. The van der Waals surface area contributed by atoms with Crippen molar-refractivity contribution in [2.45, 2.75) is 19.5 Å². The van der Waals surface area contributed by atoms with Crippen LogP contribution in [-0.4, -0.2) is 48.0 Å². The van der Waals surface area contributed by atoms with Gasteiger partial charge in [-0.1, -0.05) is 12.1 Å². The predicted octanol–water partition coefficient (Wildman–Crippen LogP) is 3.84. The van der Waals surface area contributed by atoms with E-state index >= 15 is 8.78 Å². The summed E-state index contributed by atoms with van der Waals surface area (Å²) < 4.78 is 68.0. The molecule has 13 heteroatoms. The van der Waals surface area contributed by atoms with Gasteiger partial charge in [-0.25, -0.2) is 9.18 Å². The summed E-state index contributed by atoms with van der Waals surface area (Å²) in [7, 11) is -1.34. The molecule has 0 unspecified atom stereocenters. The topological polar surface area (TPSA) is 114 Å². The summed E-state index contributed by atoms with van der Waals surface area (Å²) in [5.41, 5.74) is 0.115. The second kappa shape index (κ2) is 9.43. The molecule has 0 aliphatic carbocycles. The third-order valence-electron chi connectivity index (χ3n) is 5.34. The Morgan fingerprint density at radius 3 is 2.60 bits per heavy atom. The molecule has 1 aliphatic heterocycles. The molecule has 4 rings (SSSR count). The lowest BCUT2D eigenvalue weighted by molar-refractivity contribution is 0.114. The monoisotopic (exact) mass is 505 g/mol. The van der Waals surface area contributed by atoms with E-state index < -0.39 is 34.0 Å². The number of amides is 1. The van der Waals surface area contributed by atoms with Gasteiger partial charge in [0.1, 0.15) is 0 Å². The minimum atomic E-state index is -3.94. The molecule has 2 aromatic carbocycles. The minimum Gasteiger partial charge on any atom is -0.434 e. The highest BCUT2D eigenvalue weighted by Crippen LogP contribution is 2.41. The van der Waals surface area contributed by atoms with Gasteiger partial charge in [-0.15, -0.1) is 5.10 Å². The molecule has 1 amide bonds. The highest BCUT2D eigenvalue weighted by Gasteiger charge is 2.35. The lowest BCUT2D eigenvalue weighted by Crippen LogP contribution is -2.39. The van der Waals surface area contributed by atoms with Gasteiger partial charge in [0.2, 0.25) is 11.7 Å². The van der Waals surface area contributed by atoms with Crippen LogP contribution in [0.5, 0.6) is 17.4 Å². The van der Waals surface area contributed by atoms with Gasteiger partial charge in [-0.2, -0.15) is 22.2 Å². The number of nitrogens with zero attached hydrogens (tertiary/aromatic N) is 4. The van der Waals surface area contributed by atoms with Crippen molar-refractivity contribution in [2.75, 3.05) is 18.8 Å². The normalized spacial score (nSPS) is 15.5. The Morgan fingerprint density at radius 1 is 1.14 bits per heavy atom. The van der Waals surface area contributed by atoms with Crippen LogP contribution in [0, 0.1) is 11.6 Å². The third kappa shape index (κ3) is 4.86. The summed E-state index contributed by atoms with van der Waals surface area (Å²) in [6.45, 7) is 1.39. The van der Waals surface area contributed by atoms with Crippen LogP contribution >= 0.6 is 0 Å². The molecule has 2 heterocycles. The van der Waals surface area contributed by atoms with E-state index in [0.717, 1.165) is 4.31 Å². The van der Waals surface area contributed by atoms with Crippen molar-refractivity contribution in [3.05, 3.63) is 71.4 Å². The van der Waals surface area contributed by atoms with Gasteiger partial charge in [0.25, 0.3) is 0 Å². The van der Waals surface area contributed by atoms with E-state index in [2.05, 4.69) is 14.9 Å². The average molecular weight is 506 g/mol. The average Bonchev–Trinajstić information content (AvgIpc) is 2.81. The van der Waals surface area contributed by atoms with Crippen LogP contribution in [0.3, 0.4) is 0 Å². The molecule has 184 valence electrons. The Balaban J connectivity index is 1.59. The van der Waals surface area contributed by atoms with Crippen LogP contribution in [0.2, 0.25) is 0 Å². The van der Waals surface area contributed by atoms with Crippen LogP contribution < -0.4 is 14.2 Å². The number of fused-ring (bicyclic) bond motifs is 1. The Labute approximate surface area is 200 Å². The Bertz CT molecular complexity index is 1370. The first-order valence-electron chi connectivity index (χ1n) is 10.3. The second-order valence-electron chi connectivity index (χ2n) is 7.80. The maximum atomic E-state index is 15.1. The zero-order valence-electron chi connectivity index (χ0n) is 18.9. The van der Waals surface area contributed by atoms with Crippen molar-refractivity contribution in [3.8, 4) is 17.4 Å². The van der Waals surface area contributed by atoms with E-state index in [1.165, 1.54) is 61.6 Å². The van der Waals surface area contributed by atoms with Gasteiger partial charge in [0.05, 0.1) is 18.3 Å². The molecular formula is C22H21F2N5O5S. The molecule has 0 saturated carbocycles. The molecule has 0 radical (unpaired) electrons. The van der Waals surface area contributed by atoms with E-state index in [1.807, 2.05) is 0 Å². The fourth-order valence-corrected chi connectivity index (χ4v) is 4.01. The maximum Gasteiger partial charge on any atom is 0.416 e. The van der Waals surface area contributed by atoms with Gasteiger partial charge in [0.15, 0.2) is 17.3 Å². The van der Waals surface area contributed by atoms with Crippen molar-refractivity contribution >= 4 is 22.0 Å². The molecule has 1 aromatic heterocycles. The van der Waals surface area contributed by atoms with Gasteiger partial charge in [0, 0.05) is 37.5 Å². The second-order valence-corrected chi connectivity index (χ2v) is 9.68. The fraction of sp³-hybridized carbons (Fsp3) is 0.227. The van der Waals surface area contributed by atoms with Crippen LogP contribution in [-0.2, 0) is 16.8 Å². The number of halogens is 2. The number of aromatic nitrogens is 2. The molecule has 0 saturated heterocycles. The molecule has 1 aliphatic rings. The Morgan fingerprint density at radius 2 is 1.91 bits per heavy atom. The summed E-state index contributed by atoms with van der Waals surface area (Å²) >= 11 is 0. The molecule has 35 heavy (non-hydrogen) atoms. The number of carbonyl (C=O) groups excluding carboxylic acids is 1. The standard InChI is InChI=1S/C22H21F2N5O5S/c1-13-15-9-10-17(33-18-8-5-11-25-26-18)20(24)21(15)34-22(30)29(13)12-14-6-4-7-16(19(14)23)27-35(31,32)28(2)3/h4-11,13,27H,12H2,1-3H3/t13-/m1/s1. The van der Waals surface area contributed by atoms with Gasteiger partial charge >= 0.3 is 16.3 Å². The van der Waals surface area contributed by atoms with Crippen molar-refractivity contribution in [1.29, 1.82) is 0 Å². The first-order valence-corrected chi connectivity index (χ1v) is 11.8. The number of benzene rings is 2. The lowest BCUT2D eigenvalue weighted by Gasteiger charge is -2.34. The summed E-state index contributed by atoms with van der Waals surface area (Å²) in [5.74, 6) is -2.18. The fourth-order valence-electron chi connectivity index (χ4n) is 3.39. The largest absolute Gasteiger partial charge is 0.434 e. The molecule has 0 bridgehead atoms. The number of hydrogen-bond acceptors (Lipinski definition) is 7. The first kappa shape index (κ1) is 24.3. The van der Waals surface area contributed by atoms with E-state index in [1.54, 1.807) is 13.0 Å². The number of rotatable bonds is 7. The first-order chi connectivity index (χ1) is 16.6. The van der Waals surface area contributed by atoms with Gasteiger partial charge < -0.3 is 9.47 Å². The highest BCUT2D eigenvalue weighted by molar-refractivity contribution is 7.90. The smallest absolute Gasteiger partial charge is 0.416 e. The summed E-state index contributed by atoms with van der Waals surface area (Å²) in [6, 6.07) is 9.41. The van der Waals surface area contributed by atoms with Crippen molar-refractivity contribution in [2.24, 2.45) is 0 Å². The zero-order chi connectivity index (χ0) is 25.3. The number of carbonyl (C=O) groups is 1. The molecule has 3 aromatic rings. The summed E-state index contributed by atoms with van der Waals surface area (Å²) in [6.07, 6.45) is 0.531. The number of anilines is 1. The molecule has 0 fully saturated rings. The number of ether oxygens (including phenoxy) is 2. The number of nitrogens with one attached hydrogen (secondary N) is 1. The quantitative estimate of drug-likeness (QED) is 0.519. The van der Waals surface area contributed by atoms with E-state index in [4.69, 9.17) is 9.47 Å². The van der Waals surface area contributed by atoms with Crippen molar-refractivity contribution in [1.82, 2.24) is 19.4 Å². The van der Waals surface area contributed by atoms with E-state index in [-0.39, 0.29) is 35.2 Å². The molecule has 1 atom stereocenters. The van der Waals surface area contributed by atoms with Gasteiger partial charge in [-0.3, -0.25) is 9.62 Å². The Kier molecular flexibility index (Phi) is 6.54. The molecule has 0 spiro atoms. The summed E-state index contributed by atoms with van der Waals surface area (Å²) in [4.78, 5) is 13.9.